The second kappa shape index (κ2) is 5.64. The summed E-state index contributed by atoms with van der Waals surface area (Å²) >= 11 is 0. The fourth-order valence-electron chi connectivity index (χ4n) is 4.17. The molecule has 1 aliphatic carbocycles. The lowest BCUT2D eigenvalue weighted by atomic mass is 9.98. The van der Waals surface area contributed by atoms with E-state index in [-0.39, 0.29) is 25.5 Å². The minimum atomic E-state index is -1.06. The van der Waals surface area contributed by atoms with Gasteiger partial charge in [-0.15, -0.1) is 0 Å². The average Bonchev–Trinajstić information content (AvgIpc) is 3.20. The summed E-state index contributed by atoms with van der Waals surface area (Å²) < 4.78 is 5.57. The van der Waals surface area contributed by atoms with Gasteiger partial charge in [-0.3, -0.25) is 4.90 Å². The molecule has 7 nitrogen and oxygen atoms in total. The number of carbonyl (C=O) groups is 2. The van der Waals surface area contributed by atoms with Gasteiger partial charge in [0.05, 0.1) is 6.54 Å². The van der Waals surface area contributed by atoms with E-state index in [1.54, 1.807) is 0 Å². The Morgan fingerprint density at radius 3 is 2.22 bits per heavy atom. The number of hydrogen-bond acceptors (Lipinski definition) is 5. The highest BCUT2D eigenvalue weighted by Crippen LogP contribution is 2.45. The predicted molar refractivity (Wildman–Crippen MR) is 95.4 cm³/mol. The van der Waals surface area contributed by atoms with Crippen molar-refractivity contribution in [2.75, 3.05) is 13.2 Å². The molecular formula is C20H17N3O4. The van der Waals surface area contributed by atoms with Crippen LogP contribution < -0.4 is 0 Å². The second-order valence-electron chi connectivity index (χ2n) is 7.17. The van der Waals surface area contributed by atoms with Gasteiger partial charge in [0.2, 0.25) is 5.66 Å². The zero-order valence-electron chi connectivity index (χ0n) is 14.4. The van der Waals surface area contributed by atoms with Gasteiger partial charge in [-0.1, -0.05) is 48.5 Å². The Balaban J connectivity index is 1.36. The molecule has 2 aromatic carbocycles. The predicted octanol–water partition coefficient (Wildman–Crippen LogP) is 3.26. The summed E-state index contributed by atoms with van der Waals surface area (Å²) in [6.07, 6.45) is -0.412. The van der Waals surface area contributed by atoms with Crippen LogP contribution in [0.3, 0.4) is 0 Å². The molecule has 0 saturated carbocycles. The Kier molecular flexibility index (Phi) is 3.34. The van der Waals surface area contributed by atoms with E-state index in [0.717, 1.165) is 22.3 Å². The fraction of sp³-hybridized carbons (Fsp3) is 0.300. The molecule has 5 rings (SSSR count). The lowest BCUT2D eigenvalue weighted by molar-refractivity contribution is -0.141. The van der Waals surface area contributed by atoms with Gasteiger partial charge < -0.3 is 9.84 Å². The standard InChI is InChI=1S/C20H17N3O4/c24-18(25)17-9-20(21-22-20)11-23(17)19(26)27-10-16-14-7-3-1-5-12(14)13-6-2-4-8-15(13)16/h1-8,16-17H,9-11H2,(H,24,25)/t17-/m0/s1. The molecule has 1 N–H and O–H groups in total. The highest BCUT2D eigenvalue weighted by atomic mass is 16.6. The highest BCUT2D eigenvalue weighted by Gasteiger charge is 2.56. The van der Waals surface area contributed by atoms with Crippen molar-refractivity contribution in [2.24, 2.45) is 10.2 Å². The Labute approximate surface area is 155 Å². The van der Waals surface area contributed by atoms with Gasteiger partial charge in [0.1, 0.15) is 12.6 Å². The number of aliphatic carboxylic acids is 1. The minimum absolute atomic E-state index is 0.0588. The number of amides is 1. The molecule has 1 amide bonds. The number of rotatable bonds is 3. The van der Waals surface area contributed by atoms with Crippen molar-refractivity contribution in [3.8, 4) is 11.1 Å². The molecule has 0 bridgehead atoms. The van der Waals surface area contributed by atoms with E-state index in [1.165, 1.54) is 4.90 Å². The number of carbonyl (C=O) groups excluding carboxylic acids is 1. The molecule has 27 heavy (non-hydrogen) atoms. The lowest BCUT2D eigenvalue weighted by Crippen LogP contribution is -2.41. The minimum Gasteiger partial charge on any atom is -0.480 e. The SMILES string of the molecule is O=C(O)[C@@H]1CC2(CN1C(=O)OCC1c3ccccc3-c3ccccc31)N=N2. The van der Waals surface area contributed by atoms with E-state index in [1.807, 2.05) is 36.4 Å². The fourth-order valence-corrected chi connectivity index (χ4v) is 4.17. The lowest BCUT2D eigenvalue weighted by Gasteiger charge is -2.22. The molecule has 3 aliphatic rings. The molecule has 2 aromatic rings. The number of likely N-dealkylation sites (tertiary alicyclic amines) is 1. The Bertz CT molecular complexity index is 935. The van der Waals surface area contributed by atoms with Gasteiger partial charge >= 0.3 is 12.1 Å². The molecule has 7 heteroatoms. The largest absolute Gasteiger partial charge is 0.480 e. The molecule has 136 valence electrons. The van der Waals surface area contributed by atoms with E-state index in [0.29, 0.717) is 0 Å². The monoisotopic (exact) mass is 363 g/mol. The smallest absolute Gasteiger partial charge is 0.410 e. The molecule has 0 unspecified atom stereocenters. The topological polar surface area (TPSA) is 91.6 Å². The van der Waals surface area contributed by atoms with E-state index >= 15 is 0 Å². The van der Waals surface area contributed by atoms with Crippen molar-refractivity contribution < 1.29 is 19.4 Å². The number of carboxylic acids is 1. The van der Waals surface area contributed by atoms with Crippen LogP contribution in [0.5, 0.6) is 0 Å². The summed E-state index contributed by atoms with van der Waals surface area (Å²) in [6, 6.07) is 15.2. The van der Waals surface area contributed by atoms with E-state index in [9.17, 15) is 14.7 Å². The van der Waals surface area contributed by atoms with Crippen LogP contribution >= 0.6 is 0 Å². The van der Waals surface area contributed by atoms with E-state index < -0.39 is 23.8 Å². The van der Waals surface area contributed by atoms with Gasteiger partial charge in [-0.25, -0.2) is 9.59 Å². The average molecular weight is 363 g/mol. The van der Waals surface area contributed by atoms with Crippen molar-refractivity contribution in [3.63, 3.8) is 0 Å². The summed E-state index contributed by atoms with van der Waals surface area (Å²) in [5.74, 6) is -1.12. The van der Waals surface area contributed by atoms with Crippen LogP contribution in [0.1, 0.15) is 23.5 Å². The molecule has 1 spiro atoms. The van der Waals surface area contributed by atoms with Crippen LogP contribution in [-0.2, 0) is 9.53 Å². The van der Waals surface area contributed by atoms with Gasteiger partial charge in [-0.05, 0) is 22.3 Å². The van der Waals surface area contributed by atoms with E-state index in [4.69, 9.17) is 4.74 Å². The van der Waals surface area contributed by atoms with Crippen molar-refractivity contribution in [2.45, 2.75) is 24.0 Å². The normalized spacial score (nSPS) is 21.2. The second-order valence-corrected chi connectivity index (χ2v) is 7.17. The first kappa shape index (κ1) is 16.0. The molecular weight excluding hydrogens is 346 g/mol. The summed E-state index contributed by atoms with van der Waals surface area (Å²) in [5.41, 5.74) is 3.80. The number of nitrogens with zero attached hydrogens (tertiary/aromatic N) is 3. The molecule has 2 aliphatic heterocycles. The summed E-state index contributed by atoms with van der Waals surface area (Å²) in [5, 5.41) is 17.2. The Morgan fingerprint density at radius 1 is 1.07 bits per heavy atom. The van der Waals surface area contributed by atoms with Crippen LogP contribution in [0.25, 0.3) is 11.1 Å². The highest BCUT2D eigenvalue weighted by molar-refractivity contribution is 5.82. The Hall–Kier alpha value is -3.22. The van der Waals surface area contributed by atoms with Crippen LogP contribution in [0.15, 0.2) is 58.8 Å². The van der Waals surface area contributed by atoms with Gasteiger partial charge in [0, 0.05) is 12.3 Å². The van der Waals surface area contributed by atoms with Crippen LogP contribution in [-0.4, -0.2) is 46.9 Å². The maximum Gasteiger partial charge on any atom is 0.410 e. The van der Waals surface area contributed by atoms with E-state index in [2.05, 4.69) is 22.4 Å². The van der Waals surface area contributed by atoms with Crippen LogP contribution in [0.4, 0.5) is 4.79 Å². The quantitative estimate of drug-likeness (QED) is 0.906. The zero-order chi connectivity index (χ0) is 18.6. The third-order valence-corrected chi connectivity index (χ3v) is 5.56. The summed E-state index contributed by atoms with van der Waals surface area (Å²) in [4.78, 5) is 25.3. The molecule has 1 atom stereocenters. The third-order valence-electron chi connectivity index (χ3n) is 5.56. The molecule has 1 saturated heterocycles. The number of ether oxygens (including phenoxy) is 1. The molecule has 0 aromatic heterocycles. The van der Waals surface area contributed by atoms with Crippen molar-refractivity contribution in [3.05, 3.63) is 59.7 Å². The number of benzene rings is 2. The zero-order valence-corrected chi connectivity index (χ0v) is 14.4. The summed E-state index contributed by atoms with van der Waals surface area (Å²) in [6.45, 7) is 0.331. The van der Waals surface area contributed by atoms with Crippen molar-refractivity contribution in [1.29, 1.82) is 0 Å². The van der Waals surface area contributed by atoms with Gasteiger partial charge in [-0.2, -0.15) is 10.2 Å². The molecule has 2 heterocycles. The maximum atomic E-state index is 12.6. The first-order chi connectivity index (χ1) is 13.1. The molecule has 1 fully saturated rings. The van der Waals surface area contributed by atoms with Gasteiger partial charge in [0.25, 0.3) is 0 Å². The number of fused-ring (bicyclic) bond motifs is 3. The van der Waals surface area contributed by atoms with Gasteiger partial charge in [0.15, 0.2) is 0 Å². The number of carboxylic acid groups (broad SMARTS) is 1. The summed E-state index contributed by atoms with van der Waals surface area (Å²) in [7, 11) is 0. The first-order valence-electron chi connectivity index (χ1n) is 8.86. The third kappa shape index (κ3) is 2.50. The van der Waals surface area contributed by atoms with Crippen molar-refractivity contribution in [1.82, 2.24) is 4.90 Å². The van der Waals surface area contributed by atoms with Crippen molar-refractivity contribution >= 4 is 12.1 Å². The van der Waals surface area contributed by atoms with Crippen LogP contribution in [0.2, 0.25) is 0 Å². The van der Waals surface area contributed by atoms with Crippen LogP contribution in [0, 0.1) is 0 Å². The Morgan fingerprint density at radius 2 is 1.67 bits per heavy atom. The number of hydrogen-bond donors (Lipinski definition) is 1. The molecule has 0 radical (unpaired) electrons. The maximum absolute atomic E-state index is 12.6. The first-order valence-corrected chi connectivity index (χ1v) is 8.86.